The molecule has 0 amide bonds. The fraction of sp³-hybridized carbons (Fsp3) is 0.786. The number of carbonyl (C=O) groups is 1. The summed E-state index contributed by atoms with van der Waals surface area (Å²) in [5, 5.41) is 10.4. The van der Waals surface area contributed by atoms with Crippen LogP contribution in [-0.2, 0) is 9.53 Å². The minimum atomic E-state index is -0.504. The van der Waals surface area contributed by atoms with Crippen molar-refractivity contribution in [1.82, 2.24) is 0 Å². The normalized spacial score (nSPS) is 15.0. The van der Waals surface area contributed by atoms with Gasteiger partial charge in [0.15, 0.2) is 0 Å². The summed E-state index contributed by atoms with van der Waals surface area (Å²) in [4.78, 5) is 11.1. The van der Waals surface area contributed by atoms with Crippen molar-refractivity contribution in [2.24, 2.45) is 10.8 Å². The Kier molecular flexibility index (Phi) is 5.89. The Morgan fingerprint density at radius 3 is 2.29 bits per heavy atom. The van der Waals surface area contributed by atoms with Crippen molar-refractivity contribution in [2.75, 3.05) is 7.11 Å². The Hall–Kier alpha value is -0.830. The minimum Gasteiger partial charge on any atom is -0.469 e. The Labute approximate surface area is 105 Å². The molecule has 0 aliphatic rings. The number of hydrogen-bond donors (Lipinski definition) is 1. The van der Waals surface area contributed by atoms with E-state index in [9.17, 15) is 9.90 Å². The molecule has 0 aliphatic heterocycles. The molecular weight excluding hydrogens is 216 g/mol. The molecule has 0 radical (unpaired) electrons. The van der Waals surface area contributed by atoms with Crippen molar-refractivity contribution in [3.8, 4) is 0 Å². The van der Waals surface area contributed by atoms with Gasteiger partial charge in [0.05, 0.1) is 13.2 Å². The predicted molar refractivity (Wildman–Crippen MR) is 69.6 cm³/mol. The third kappa shape index (κ3) is 4.90. The van der Waals surface area contributed by atoms with Crippen LogP contribution in [0.5, 0.6) is 0 Å². The number of carbonyl (C=O) groups excluding carboxylic acids is 1. The number of methoxy groups -OCH3 is 1. The molecule has 0 aromatic heterocycles. The van der Waals surface area contributed by atoms with Gasteiger partial charge in [0, 0.05) is 11.8 Å². The van der Waals surface area contributed by atoms with Crippen molar-refractivity contribution < 1.29 is 14.6 Å². The van der Waals surface area contributed by atoms with Crippen molar-refractivity contribution in [3.63, 3.8) is 0 Å². The van der Waals surface area contributed by atoms with Crippen LogP contribution in [0.2, 0.25) is 0 Å². The van der Waals surface area contributed by atoms with E-state index in [1.165, 1.54) is 7.11 Å². The van der Waals surface area contributed by atoms with E-state index >= 15 is 0 Å². The van der Waals surface area contributed by atoms with Crippen LogP contribution in [0.15, 0.2) is 12.2 Å². The molecule has 0 aromatic rings. The van der Waals surface area contributed by atoms with Gasteiger partial charge < -0.3 is 9.84 Å². The second-order valence-corrected chi connectivity index (χ2v) is 5.79. The summed E-state index contributed by atoms with van der Waals surface area (Å²) in [5.41, 5.74) is -0.619. The molecule has 0 rings (SSSR count). The zero-order valence-electron chi connectivity index (χ0n) is 11.9. The number of aliphatic hydroxyl groups excluding tert-OH is 1. The van der Waals surface area contributed by atoms with Crippen LogP contribution in [0, 0.1) is 10.8 Å². The first-order chi connectivity index (χ1) is 7.67. The van der Waals surface area contributed by atoms with Crippen molar-refractivity contribution in [3.05, 3.63) is 12.2 Å². The van der Waals surface area contributed by atoms with Crippen LogP contribution in [-0.4, -0.2) is 24.3 Å². The molecule has 0 fully saturated rings. The second kappa shape index (κ2) is 6.20. The van der Waals surface area contributed by atoms with Gasteiger partial charge in [0.25, 0.3) is 0 Å². The third-order valence-corrected chi connectivity index (χ3v) is 3.24. The van der Waals surface area contributed by atoms with E-state index in [1.807, 2.05) is 46.8 Å². The summed E-state index contributed by atoms with van der Waals surface area (Å²) in [6, 6.07) is 0. The highest BCUT2D eigenvalue weighted by atomic mass is 16.5. The van der Waals surface area contributed by atoms with Crippen LogP contribution in [0.4, 0.5) is 0 Å². The average Bonchev–Trinajstić information content (AvgIpc) is 2.24. The summed E-state index contributed by atoms with van der Waals surface area (Å²) in [5.74, 6) is -0.228. The molecule has 0 aromatic carbocycles. The van der Waals surface area contributed by atoms with E-state index in [0.29, 0.717) is 12.8 Å². The molecule has 0 bridgehead atoms. The van der Waals surface area contributed by atoms with E-state index in [4.69, 9.17) is 0 Å². The highest BCUT2D eigenvalue weighted by Gasteiger charge is 2.37. The zero-order valence-corrected chi connectivity index (χ0v) is 11.9. The fourth-order valence-corrected chi connectivity index (χ4v) is 2.19. The lowest BCUT2D eigenvalue weighted by Gasteiger charge is -2.39. The summed E-state index contributed by atoms with van der Waals surface area (Å²) in [7, 11) is 1.38. The summed E-state index contributed by atoms with van der Waals surface area (Å²) in [6.45, 7) is 9.89. The van der Waals surface area contributed by atoms with Gasteiger partial charge >= 0.3 is 5.97 Å². The maximum atomic E-state index is 11.1. The monoisotopic (exact) mass is 242 g/mol. The largest absolute Gasteiger partial charge is 0.469 e. The van der Waals surface area contributed by atoms with Gasteiger partial charge in [0.2, 0.25) is 0 Å². The standard InChI is InChI=1S/C14H26O3/c1-7-9-13(2,3)12(16)14(4,5)10-8-11(15)17-6/h7,9,12,16H,8,10H2,1-6H3. The van der Waals surface area contributed by atoms with Crippen LogP contribution in [0.3, 0.4) is 0 Å². The van der Waals surface area contributed by atoms with E-state index in [1.54, 1.807) is 0 Å². The predicted octanol–water partition coefficient (Wildman–Crippen LogP) is 2.93. The van der Waals surface area contributed by atoms with Crippen LogP contribution in [0.25, 0.3) is 0 Å². The van der Waals surface area contributed by atoms with E-state index in [-0.39, 0.29) is 16.8 Å². The highest BCUT2D eigenvalue weighted by Crippen LogP contribution is 2.38. The van der Waals surface area contributed by atoms with E-state index in [0.717, 1.165) is 0 Å². The van der Waals surface area contributed by atoms with E-state index in [2.05, 4.69) is 4.74 Å². The molecule has 0 spiro atoms. The summed E-state index contributed by atoms with van der Waals surface area (Å²) in [6.07, 6.45) is 4.39. The third-order valence-electron chi connectivity index (χ3n) is 3.24. The Balaban J connectivity index is 4.64. The molecule has 0 heterocycles. The molecule has 0 saturated carbocycles. The lowest BCUT2D eigenvalue weighted by atomic mass is 9.70. The first-order valence-corrected chi connectivity index (χ1v) is 6.06. The van der Waals surface area contributed by atoms with Gasteiger partial charge in [-0.1, -0.05) is 39.8 Å². The molecule has 3 heteroatoms. The number of allylic oxidation sites excluding steroid dienone is 1. The van der Waals surface area contributed by atoms with Crippen LogP contribution < -0.4 is 0 Å². The zero-order chi connectivity index (χ0) is 13.7. The molecule has 100 valence electrons. The molecular formula is C14H26O3. The van der Waals surface area contributed by atoms with Gasteiger partial charge in [-0.25, -0.2) is 0 Å². The quantitative estimate of drug-likeness (QED) is 0.575. The Morgan fingerprint density at radius 2 is 1.88 bits per heavy atom. The van der Waals surface area contributed by atoms with Gasteiger partial charge in [-0.15, -0.1) is 0 Å². The molecule has 1 N–H and O–H groups in total. The summed E-state index contributed by atoms with van der Waals surface area (Å²) < 4.78 is 4.62. The number of ether oxygens (including phenoxy) is 1. The molecule has 1 unspecified atom stereocenters. The van der Waals surface area contributed by atoms with Gasteiger partial charge in [-0.05, 0) is 18.8 Å². The Morgan fingerprint density at radius 1 is 1.35 bits per heavy atom. The number of hydrogen-bond acceptors (Lipinski definition) is 3. The molecule has 17 heavy (non-hydrogen) atoms. The van der Waals surface area contributed by atoms with Gasteiger partial charge in [0.1, 0.15) is 0 Å². The fourth-order valence-electron chi connectivity index (χ4n) is 2.19. The number of rotatable bonds is 6. The van der Waals surface area contributed by atoms with Gasteiger partial charge in [-0.2, -0.15) is 0 Å². The molecule has 3 nitrogen and oxygen atoms in total. The van der Waals surface area contributed by atoms with Crippen molar-refractivity contribution >= 4 is 5.97 Å². The molecule has 0 aliphatic carbocycles. The molecule has 0 saturated heterocycles. The maximum absolute atomic E-state index is 11.1. The van der Waals surface area contributed by atoms with Crippen molar-refractivity contribution in [1.29, 1.82) is 0 Å². The molecule has 1 atom stereocenters. The summed E-state index contributed by atoms with van der Waals surface area (Å²) >= 11 is 0. The second-order valence-electron chi connectivity index (χ2n) is 5.79. The average molecular weight is 242 g/mol. The SMILES string of the molecule is CC=CC(C)(C)C(O)C(C)(C)CCC(=O)OC. The van der Waals surface area contributed by atoms with E-state index < -0.39 is 6.10 Å². The maximum Gasteiger partial charge on any atom is 0.305 e. The van der Waals surface area contributed by atoms with Crippen molar-refractivity contribution in [2.45, 2.75) is 53.6 Å². The smallest absolute Gasteiger partial charge is 0.305 e. The highest BCUT2D eigenvalue weighted by molar-refractivity contribution is 5.69. The number of esters is 1. The number of aliphatic hydroxyl groups is 1. The van der Waals surface area contributed by atoms with Crippen LogP contribution >= 0.6 is 0 Å². The lowest BCUT2D eigenvalue weighted by molar-refractivity contribution is -0.142. The minimum absolute atomic E-state index is 0.228. The first-order valence-electron chi connectivity index (χ1n) is 6.06. The first kappa shape index (κ1) is 16.2. The topological polar surface area (TPSA) is 46.5 Å². The van der Waals surface area contributed by atoms with Gasteiger partial charge in [-0.3, -0.25) is 4.79 Å². The Bertz CT molecular complexity index is 277. The lowest BCUT2D eigenvalue weighted by Crippen LogP contribution is -2.40. The van der Waals surface area contributed by atoms with Crippen LogP contribution in [0.1, 0.15) is 47.5 Å².